The Morgan fingerprint density at radius 1 is 1.16 bits per heavy atom. The van der Waals surface area contributed by atoms with Crippen molar-refractivity contribution >= 4 is 21.6 Å². The maximum atomic E-state index is 13.1. The molecule has 1 fully saturated rings. The fourth-order valence-electron chi connectivity index (χ4n) is 4.22. The molecule has 1 unspecified atom stereocenters. The lowest BCUT2D eigenvalue weighted by Gasteiger charge is -2.33. The van der Waals surface area contributed by atoms with Crippen molar-refractivity contribution in [2.75, 3.05) is 11.9 Å². The maximum absolute atomic E-state index is 13.1. The minimum absolute atomic E-state index is 0.00435. The van der Waals surface area contributed by atoms with Crippen LogP contribution in [0, 0.1) is 5.92 Å². The average Bonchev–Trinajstić information content (AvgIpc) is 2.89. The third kappa shape index (κ3) is 3.34. The Morgan fingerprint density at radius 3 is 2.40 bits per heavy atom. The van der Waals surface area contributed by atoms with Crippen LogP contribution in [0.2, 0.25) is 0 Å². The van der Waals surface area contributed by atoms with E-state index in [2.05, 4.69) is 6.92 Å². The normalized spacial score (nSPS) is 26.8. The van der Waals surface area contributed by atoms with Crippen LogP contribution in [0.5, 0.6) is 0 Å². The van der Waals surface area contributed by atoms with Gasteiger partial charge in [0.05, 0.1) is 4.90 Å². The lowest BCUT2D eigenvalue weighted by Crippen LogP contribution is -2.39. The molecule has 1 aliphatic carbocycles. The molecule has 1 heterocycles. The monoisotopic (exact) mass is 364 g/mol. The molecule has 25 heavy (non-hydrogen) atoms. The van der Waals surface area contributed by atoms with Gasteiger partial charge in [0, 0.05) is 31.7 Å². The minimum atomic E-state index is -3.50. The van der Waals surface area contributed by atoms with Gasteiger partial charge >= 0.3 is 0 Å². The van der Waals surface area contributed by atoms with Crippen molar-refractivity contribution in [2.24, 2.45) is 5.92 Å². The second-order valence-electron chi connectivity index (χ2n) is 7.67. The van der Waals surface area contributed by atoms with Crippen LogP contribution in [0.25, 0.3) is 0 Å². The standard InChI is InChI=1S/C19H28N2O3S/c1-13-5-7-17(8-6-13)20(4)25(23,24)18-9-10-19-16(12-18)11-14(2)21(19)15(3)22/h9-10,12-14,17H,5-8,11H2,1-4H3. The lowest BCUT2D eigenvalue weighted by atomic mass is 9.87. The van der Waals surface area contributed by atoms with Crippen LogP contribution < -0.4 is 4.90 Å². The van der Waals surface area contributed by atoms with Crippen LogP contribution in [-0.4, -0.2) is 37.8 Å². The molecule has 1 atom stereocenters. The van der Waals surface area contributed by atoms with Crippen LogP contribution in [0.4, 0.5) is 5.69 Å². The third-order valence-electron chi connectivity index (χ3n) is 5.78. The van der Waals surface area contributed by atoms with Gasteiger partial charge in [-0.3, -0.25) is 4.79 Å². The number of sulfonamides is 1. The van der Waals surface area contributed by atoms with Crippen molar-refractivity contribution < 1.29 is 13.2 Å². The zero-order chi connectivity index (χ0) is 18.4. The molecule has 0 saturated heterocycles. The van der Waals surface area contributed by atoms with Crippen molar-refractivity contribution in [1.82, 2.24) is 4.31 Å². The van der Waals surface area contributed by atoms with Crippen molar-refractivity contribution in [3.63, 3.8) is 0 Å². The molecule has 1 aromatic carbocycles. The number of anilines is 1. The van der Waals surface area contributed by atoms with E-state index in [1.807, 2.05) is 6.92 Å². The molecule has 3 rings (SSSR count). The van der Waals surface area contributed by atoms with Crippen LogP contribution in [0.15, 0.2) is 23.1 Å². The molecule has 0 aromatic heterocycles. The van der Waals surface area contributed by atoms with E-state index in [9.17, 15) is 13.2 Å². The second-order valence-corrected chi connectivity index (χ2v) is 9.67. The molecule has 2 aliphatic rings. The summed E-state index contributed by atoms with van der Waals surface area (Å²) >= 11 is 0. The molecule has 1 amide bonds. The molecule has 138 valence electrons. The molecule has 6 heteroatoms. The van der Waals surface area contributed by atoms with Crippen molar-refractivity contribution in [3.8, 4) is 0 Å². The van der Waals surface area contributed by atoms with Gasteiger partial charge in [-0.1, -0.05) is 6.92 Å². The van der Waals surface area contributed by atoms with Gasteiger partial charge in [-0.2, -0.15) is 4.31 Å². The summed E-state index contributed by atoms with van der Waals surface area (Å²) in [6.45, 7) is 5.77. The molecule has 0 N–H and O–H groups in total. The second kappa shape index (κ2) is 6.72. The molecule has 1 aliphatic heterocycles. The highest BCUT2D eigenvalue weighted by atomic mass is 32.2. The first kappa shape index (κ1) is 18.4. The predicted molar refractivity (Wildman–Crippen MR) is 99.1 cm³/mol. The molecule has 0 radical (unpaired) electrons. The van der Waals surface area contributed by atoms with E-state index in [1.165, 1.54) is 0 Å². The molecule has 0 spiro atoms. The highest BCUT2D eigenvalue weighted by Gasteiger charge is 2.33. The van der Waals surface area contributed by atoms with Crippen molar-refractivity contribution in [2.45, 2.75) is 69.9 Å². The summed E-state index contributed by atoms with van der Waals surface area (Å²) in [5, 5.41) is 0. The number of hydrogen-bond donors (Lipinski definition) is 0. The van der Waals surface area contributed by atoms with Crippen molar-refractivity contribution in [1.29, 1.82) is 0 Å². The number of rotatable bonds is 3. The Bertz CT molecular complexity index is 767. The van der Waals surface area contributed by atoms with Crippen molar-refractivity contribution in [3.05, 3.63) is 23.8 Å². The highest BCUT2D eigenvalue weighted by molar-refractivity contribution is 7.89. The van der Waals surface area contributed by atoms with Gasteiger partial charge in [0.1, 0.15) is 0 Å². The van der Waals surface area contributed by atoms with Gasteiger partial charge in [0.15, 0.2) is 0 Å². The fourth-order valence-corrected chi connectivity index (χ4v) is 5.68. The predicted octanol–water partition coefficient (Wildman–Crippen LogP) is 3.18. The first-order valence-corrected chi connectivity index (χ1v) is 10.6. The van der Waals surface area contributed by atoms with Crippen LogP contribution >= 0.6 is 0 Å². The summed E-state index contributed by atoms with van der Waals surface area (Å²) < 4.78 is 27.7. The number of benzene rings is 1. The molecular formula is C19H28N2O3S. The Balaban J connectivity index is 1.87. The van der Waals surface area contributed by atoms with E-state index in [0.717, 1.165) is 36.9 Å². The third-order valence-corrected chi connectivity index (χ3v) is 7.69. The smallest absolute Gasteiger partial charge is 0.243 e. The van der Waals surface area contributed by atoms with E-state index in [4.69, 9.17) is 0 Å². The Kier molecular flexibility index (Phi) is 4.95. The van der Waals surface area contributed by atoms with E-state index in [0.29, 0.717) is 17.2 Å². The maximum Gasteiger partial charge on any atom is 0.243 e. The Labute approximate surface area is 151 Å². The van der Waals surface area contributed by atoms with Gasteiger partial charge in [-0.15, -0.1) is 0 Å². The lowest BCUT2D eigenvalue weighted by molar-refractivity contribution is -0.116. The van der Waals surface area contributed by atoms with E-state index < -0.39 is 10.0 Å². The summed E-state index contributed by atoms with van der Waals surface area (Å²) in [6.07, 6.45) is 4.72. The zero-order valence-electron chi connectivity index (χ0n) is 15.5. The summed E-state index contributed by atoms with van der Waals surface area (Å²) in [5.74, 6) is 0.682. The van der Waals surface area contributed by atoms with Gasteiger partial charge < -0.3 is 4.90 Å². The quantitative estimate of drug-likeness (QED) is 0.828. The van der Waals surface area contributed by atoms with Gasteiger partial charge in [0.2, 0.25) is 15.9 Å². The molecule has 1 saturated carbocycles. The van der Waals surface area contributed by atoms with Crippen LogP contribution in [0.3, 0.4) is 0 Å². The molecule has 0 bridgehead atoms. The summed E-state index contributed by atoms with van der Waals surface area (Å²) in [6, 6.07) is 5.34. The number of carbonyl (C=O) groups excluding carboxylic acids is 1. The molecular weight excluding hydrogens is 336 g/mol. The first-order chi connectivity index (χ1) is 11.7. The number of nitrogens with zero attached hydrogens (tertiary/aromatic N) is 2. The number of amides is 1. The van der Waals surface area contributed by atoms with Gasteiger partial charge in [0.25, 0.3) is 0 Å². The van der Waals surface area contributed by atoms with Crippen LogP contribution in [-0.2, 0) is 21.2 Å². The van der Waals surface area contributed by atoms with E-state index in [-0.39, 0.29) is 18.0 Å². The van der Waals surface area contributed by atoms with Gasteiger partial charge in [-0.05, 0) is 68.7 Å². The number of carbonyl (C=O) groups is 1. The van der Waals surface area contributed by atoms with Gasteiger partial charge in [-0.25, -0.2) is 8.42 Å². The highest BCUT2D eigenvalue weighted by Crippen LogP contribution is 2.35. The number of hydrogen-bond acceptors (Lipinski definition) is 3. The van der Waals surface area contributed by atoms with E-state index >= 15 is 0 Å². The van der Waals surface area contributed by atoms with Crippen LogP contribution in [0.1, 0.15) is 52.0 Å². The number of fused-ring (bicyclic) bond motifs is 1. The Hall–Kier alpha value is -1.40. The zero-order valence-corrected chi connectivity index (χ0v) is 16.3. The Morgan fingerprint density at radius 2 is 1.80 bits per heavy atom. The fraction of sp³-hybridized carbons (Fsp3) is 0.632. The topological polar surface area (TPSA) is 57.7 Å². The minimum Gasteiger partial charge on any atom is -0.309 e. The molecule has 1 aromatic rings. The van der Waals surface area contributed by atoms with E-state index in [1.54, 1.807) is 41.4 Å². The summed E-state index contributed by atoms with van der Waals surface area (Å²) in [5.41, 5.74) is 1.78. The first-order valence-electron chi connectivity index (χ1n) is 9.12. The summed E-state index contributed by atoms with van der Waals surface area (Å²) in [4.78, 5) is 13.9. The average molecular weight is 365 g/mol. The largest absolute Gasteiger partial charge is 0.309 e. The molecule has 5 nitrogen and oxygen atoms in total. The summed E-state index contributed by atoms with van der Waals surface area (Å²) in [7, 11) is -1.80. The SMILES string of the molecule is CC(=O)N1c2ccc(S(=O)(=O)N(C)C3CCC(C)CC3)cc2CC1C.